The maximum absolute atomic E-state index is 13.8. The second-order valence-electron chi connectivity index (χ2n) is 11.2. The monoisotopic (exact) mass is 632 g/mol. The minimum absolute atomic E-state index is 0.176. The molecule has 234 valence electrons. The number of halogens is 1. The number of nitrogens with zero attached hydrogens (tertiary/aromatic N) is 2. The van der Waals surface area contributed by atoms with Crippen molar-refractivity contribution in [1.29, 1.82) is 0 Å². The summed E-state index contributed by atoms with van der Waals surface area (Å²) < 4.78 is 52.1. The number of sulfonamides is 1. The molecule has 0 aliphatic carbocycles. The van der Waals surface area contributed by atoms with Crippen LogP contribution in [0.2, 0.25) is 0 Å². The molecule has 12 heteroatoms. The molecule has 1 fully saturated rings. The molecule has 1 aliphatic rings. The zero-order valence-electron chi connectivity index (χ0n) is 25.3. The van der Waals surface area contributed by atoms with E-state index in [9.17, 15) is 22.4 Å². The average molecular weight is 633 g/mol. The van der Waals surface area contributed by atoms with Crippen LogP contribution in [0.25, 0.3) is 33.2 Å². The van der Waals surface area contributed by atoms with Gasteiger partial charge in [0.2, 0.25) is 10.0 Å². The fourth-order valence-electron chi connectivity index (χ4n) is 6.09. The zero-order valence-corrected chi connectivity index (χ0v) is 26.1. The van der Waals surface area contributed by atoms with Gasteiger partial charge >= 0.3 is 0 Å². The fourth-order valence-corrected chi connectivity index (χ4v) is 6.60. The van der Waals surface area contributed by atoms with Crippen molar-refractivity contribution in [2.75, 3.05) is 44.9 Å². The lowest BCUT2D eigenvalue weighted by Crippen LogP contribution is -2.39. The molecule has 1 saturated heterocycles. The number of hydrogen-bond acceptors (Lipinski definition) is 6. The standard InChI is InChI=1S/C33H33FN4O6S/c1-35-32(39)30-24-15-22(27(37(2)45(4,41)42)17-29(24)44-31(30)19-10-12-21(34)13-11-19)20-7-6-14-38(18-20)33(40)26-16-23-25(36-26)8-5-9-28(23)43-3/h5,8-13,15-17,20,36H,6-7,14,18H2,1-4H3,(H,35,39)/t20-/m1/s1. The summed E-state index contributed by atoms with van der Waals surface area (Å²) in [5.41, 5.74) is 3.33. The molecule has 2 amide bonds. The quantitative estimate of drug-likeness (QED) is 0.244. The molecule has 0 unspecified atom stereocenters. The molecule has 10 nitrogen and oxygen atoms in total. The average Bonchev–Trinajstić information content (AvgIpc) is 3.65. The molecule has 0 spiro atoms. The lowest BCUT2D eigenvalue weighted by atomic mass is 9.88. The number of likely N-dealkylation sites (tertiary alicyclic amines) is 1. The van der Waals surface area contributed by atoms with E-state index in [1.165, 1.54) is 42.7 Å². The van der Waals surface area contributed by atoms with Crippen molar-refractivity contribution in [3.05, 3.63) is 83.3 Å². The first kappa shape index (κ1) is 30.2. The Balaban J connectivity index is 1.45. The number of fused-ring (bicyclic) bond motifs is 2. The Hall–Kier alpha value is -4.84. The Morgan fingerprint density at radius 3 is 2.56 bits per heavy atom. The summed E-state index contributed by atoms with van der Waals surface area (Å²) in [7, 11) is 0.866. The lowest BCUT2D eigenvalue weighted by Gasteiger charge is -2.34. The van der Waals surface area contributed by atoms with Gasteiger partial charge in [0, 0.05) is 61.0 Å². The molecule has 1 atom stereocenters. The van der Waals surface area contributed by atoms with E-state index in [-0.39, 0.29) is 23.1 Å². The summed E-state index contributed by atoms with van der Waals surface area (Å²) in [6.07, 6.45) is 2.50. The summed E-state index contributed by atoms with van der Waals surface area (Å²) >= 11 is 0. The number of aromatic nitrogens is 1. The number of carbonyl (C=O) groups is 2. The number of amides is 2. The van der Waals surface area contributed by atoms with Gasteiger partial charge in [-0.3, -0.25) is 13.9 Å². The third kappa shape index (κ3) is 5.50. The minimum Gasteiger partial charge on any atom is -0.496 e. The molecule has 6 rings (SSSR count). The third-order valence-corrected chi connectivity index (χ3v) is 9.65. The van der Waals surface area contributed by atoms with Crippen LogP contribution in [0, 0.1) is 5.82 Å². The number of hydrogen-bond donors (Lipinski definition) is 2. The van der Waals surface area contributed by atoms with Crippen molar-refractivity contribution in [2.24, 2.45) is 0 Å². The number of rotatable bonds is 7. The highest BCUT2D eigenvalue weighted by atomic mass is 32.2. The Labute approximate surface area is 259 Å². The van der Waals surface area contributed by atoms with Crippen molar-refractivity contribution >= 4 is 49.4 Å². The highest BCUT2D eigenvalue weighted by Crippen LogP contribution is 2.42. The summed E-state index contributed by atoms with van der Waals surface area (Å²) in [6.45, 7) is 0.866. The van der Waals surface area contributed by atoms with Crippen molar-refractivity contribution < 1.29 is 31.6 Å². The number of nitrogens with one attached hydrogen (secondary N) is 2. The maximum atomic E-state index is 13.8. The van der Waals surface area contributed by atoms with Crippen molar-refractivity contribution in [3.63, 3.8) is 0 Å². The van der Waals surface area contributed by atoms with Crippen LogP contribution in [0.3, 0.4) is 0 Å². The van der Waals surface area contributed by atoms with Crippen LogP contribution in [0.15, 0.2) is 65.1 Å². The number of H-pyrrole nitrogens is 1. The number of benzene rings is 3. The predicted molar refractivity (Wildman–Crippen MR) is 171 cm³/mol. The van der Waals surface area contributed by atoms with Crippen molar-refractivity contribution in [3.8, 4) is 17.1 Å². The van der Waals surface area contributed by atoms with Crippen LogP contribution < -0.4 is 14.4 Å². The van der Waals surface area contributed by atoms with E-state index in [2.05, 4.69) is 10.3 Å². The largest absolute Gasteiger partial charge is 0.496 e. The second-order valence-corrected chi connectivity index (χ2v) is 13.2. The zero-order chi connectivity index (χ0) is 32.0. The number of carbonyl (C=O) groups excluding carboxylic acids is 2. The number of anilines is 1. The SMILES string of the molecule is CNC(=O)c1c(-c2ccc(F)cc2)oc2cc(N(C)S(C)(=O)=O)c([C@@H]3CCCN(C(=O)c4cc5c(OC)cccc5[nH]4)C3)cc12. The Morgan fingerprint density at radius 1 is 1.11 bits per heavy atom. The van der Waals surface area contributed by atoms with Crippen LogP contribution >= 0.6 is 0 Å². The van der Waals surface area contributed by atoms with E-state index in [0.717, 1.165) is 17.2 Å². The summed E-state index contributed by atoms with van der Waals surface area (Å²) in [4.78, 5) is 31.9. The first-order valence-electron chi connectivity index (χ1n) is 14.5. The van der Waals surface area contributed by atoms with E-state index >= 15 is 0 Å². The molecule has 1 aliphatic heterocycles. The normalized spacial score (nSPS) is 15.4. The summed E-state index contributed by atoms with van der Waals surface area (Å²) in [6, 6.07) is 16.4. The number of piperidine rings is 1. The highest BCUT2D eigenvalue weighted by molar-refractivity contribution is 7.92. The molecule has 0 radical (unpaired) electrons. The van der Waals surface area contributed by atoms with E-state index in [0.29, 0.717) is 65.2 Å². The smallest absolute Gasteiger partial charge is 0.270 e. The topological polar surface area (TPSA) is 125 Å². The molecule has 0 bridgehead atoms. The van der Waals surface area contributed by atoms with Gasteiger partial charge in [-0.15, -0.1) is 0 Å². The van der Waals surface area contributed by atoms with Crippen LogP contribution in [0.1, 0.15) is 45.2 Å². The van der Waals surface area contributed by atoms with Gasteiger partial charge in [0.1, 0.15) is 28.6 Å². The highest BCUT2D eigenvalue weighted by Gasteiger charge is 2.32. The number of methoxy groups -OCH3 is 1. The van der Waals surface area contributed by atoms with Crippen LogP contribution in [-0.4, -0.2) is 70.7 Å². The van der Waals surface area contributed by atoms with E-state index in [1.807, 2.05) is 18.2 Å². The van der Waals surface area contributed by atoms with Gasteiger partial charge in [0.25, 0.3) is 11.8 Å². The van der Waals surface area contributed by atoms with Crippen LogP contribution in [0.4, 0.5) is 10.1 Å². The maximum Gasteiger partial charge on any atom is 0.270 e. The molecule has 2 aromatic heterocycles. The Morgan fingerprint density at radius 2 is 1.87 bits per heavy atom. The Bertz CT molecular complexity index is 2050. The summed E-state index contributed by atoms with van der Waals surface area (Å²) in [5, 5.41) is 3.95. The number of furan rings is 1. The van der Waals surface area contributed by atoms with Gasteiger partial charge < -0.3 is 24.4 Å². The van der Waals surface area contributed by atoms with Crippen LogP contribution in [-0.2, 0) is 10.0 Å². The predicted octanol–water partition coefficient (Wildman–Crippen LogP) is 5.50. The van der Waals surface area contributed by atoms with Gasteiger partial charge in [0.15, 0.2) is 0 Å². The first-order valence-corrected chi connectivity index (χ1v) is 16.3. The van der Waals surface area contributed by atoms with Gasteiger partial charge in [0.05, 0.1) is 24.6 Å². The molecule has 3 aromatic carbocycles. The lowest BCUT2D eigenvalue weighted by molar-refractivity contribution is 0.0702. The number of aromatic amines is 1. The molecule has 45 heavy (non-hydrogen) atoms. The third-order valence-electron chi connectivity index (χ3n) is 8.46. The fraction of sp³-hybridized carbons (Fsp3) is 0.273. The van der Waals surface area contributed by atoms with Crippen molar-refractivity contribution in [2.45, 2.75) is 18.8 Å². The molecule has 3 heterocycles. The van der Waals surface area contributed by atoms with Gasteiger partial charge in [-0.25, -0.2) is 12.8 Å². The molecular formula is C33H33FN4O6S. The van der Waals surface area contributed by atoms with E-state index in [4.69, 9.17) is 9.15 Å². The molecule has 5 aromatic rings. The summed E-state index contributed by atoms with van der Waals surface area (Å²) in [5.74, 6) is -0.356. The van der Waals surface area contributed by atoms with Gasteiger partial charge in [-0.1, -0.05) is 6.07 Å². The van der Waals surface area contributed by atoms with Crippen molar-refractivity contribution in [1.82, 2.24) is 15.2 Å². The van der Waals surface area contributed by atoms with Gasteiger partial charge in [-0.2, -0.15) is 0 Å². The minimum atomic E-state index is -3.69. The second kappa shape index (κ2) is 11.6. The Kier molecular flexibility index (Phi) is 7.77. The van der Waals surface area contributed by atoms with Crippen LogP contribution in [0.5, 0.6) is 5.75 Å². The molecular weight excluding hydrogens is 599 g/mol. The first-order chi connectivity index (χ1) is 21.5. The van der Waals surface area contributed by atoms with E-state index < -0.39 is 21.7 Å². The van der Waals surface area contributed by atoms with Gasteiger partial charge in [-0.05, 0) is 66.9 Å². The van der Waals surface area contributed by atoms with E-state index in [1.54, 1.807) is 30.2 Å². The molecule has 2 N–H and O–H groups in total. The molecule has 0 saturated carbocycles. The number of ether oxygens (including phenoxy) is 1.